The molecule has 4 N–H and O–H groups in total. The summed E-state index contributed by atoms with van der Waals surface area (Å²) in [4.78, 5) is 34.9. The summed E-state index contributed by atoms with van der Waals surface area (Å²) in [7, 11) is -4.65. The third kappa shape index (κ3) is 37.8. The minimum atomic E-state index is -4.65. The van der Waals surface area contributed by atoms with Gasteiger partial charge in [-0.3, -0.25) is 18.6 Å². The van der Waals surface area contributed by atoms with Crippen LogP contribution in [0.25, 0.3) is 0 Å². The Morgan fingerprint density at radius 2 is 1.12 bits per heavy atom. The van der Waals surface area contributed by atoms with Crippen LogP contribution in [0, 0.1) is 0 Å². The molecule has 0 bridgehead atoms. The van der Waals surface area contributed by atoms with Crippen LogP contribution in [0.15, 0.2) is 97.2 Å². The number of carbonyl (C=O) groups excluding carboxylic acids is 2. The molecule has 0 aliphatic carbocycles. The maximum absolute atomic E-state index is 12.6. The number of aliphatic hydroxyl groups is 3. The Labute approximate surface area is 336 Å². The first-order valence-electron chi connectivity index (χ1n) is 20.3. The van der Waals surface area contributed by atoms with Crippen molar-refractivity contribution in [3.05, 3.63) is 97.2 Å². The van der Waals surface area contributed by atoms with Gasteiger partial charge in [0, 0.05) is 12.8 Å². The third-order valence-electron chi connectivity index (χ3n) is 7.89. The van der Waals surface area contributed by atoms with Gasteiger partial charge in [0.25, 0.3) is 0 Å². The summed E-state index contributed by atoms with van der Waals surface area (Å²) in [6.45, 7) is 1.80. The molecule has 0 radical (unpaired) electrons. The normalized spacial score (nSPS) is 15.5. The van der Waals surface area contributed by atoms with Crippen molar-refractivity contribution in [2.24, 2.45) is 0 Å². The monoisotopic (exact) mass is 806 g/mol. The van der Waals surface area contributed by atoms with Gasteiger partial charge in [-0.2, -0.15) is 0 Å². The first-order valence-corrected chi connectivity index (χ1v) is 21.8. The molecule has 0 aromatic heterocycles. The maximum atomic E-state index is 12.6. The summed E-state index contributed by atoms with van der Waals surface area (Å²) in [5.74, 6) is -1.04. The fraction of sp³-hybridized carbons (Fsp3) is 0.591. The van der Waals surface area contributed by atoms with E-state index in [2.05, 4.69) is 72.2 Å². The van der Waals surface area contributed by atoms with Gasteiger partial charge in [0.05, 0.1) is 25.9 Å². The van der Waals surface area contributed by atoms with Crippen LogP contribution in [-0.4, -0.2) is 76.9 Å². The van der Waals surface area contributed by atoms with Crippen molar-refractivity contribution < 1.29 is 52.9 Å². The molecule has 0 aliphatic heterocycles. The van der Waals surface area contributed by atoms with Crippen molar-refractivity contribution in [1.82, 2.24) is 0 Å². The van der Waals surface area contributed by atoms with E-state index in [0.717, 1.165) is 70.6 Å². The number of carbonyl (C=O) groups is 2. The van der Waals surface area contributed by atoms with E-state index in [1.165, 1.54) is 0 Å². The molecule has 11 nitrogen and oxygen atoms in total. The minimum Gasteiger partial charge on any atom is -0.462 e. The molecule has 0 rings (SSSR count). The lowest BCUT2D eigenvalue weighted by atomic mass is 10.1. The summed E-state index contributed by atoms with van der Waals surface area (Å²) < 4.78 is 32.6. The summed E-state index contributed by atoms with van der Waals surface area (Å²) in [5, 5.41) is 27.8. The Morgan fingerprint density at radius 3 is 1.73 bits per heavy atom. The molecule has 1 unspecified atom stereocenters. The van der Waals surface area contributed by atoms with Gasteiger partial charge >= 0.3 is 19.8 Å². The molecular formula is C44H71O11P. The lowest BCUT2D eigenvalue weighted by Crippen LogP contribution is -2.29. The molecule has 0 amide bonds. The van der Waals surface area contributed by atoms with Crippen LogP contribution in [0.1, 0.15) is 123 Å². The van der Waals surface area contributed by atoms with Crippen molar-refractivity contribution in [3.63, 3.8) is 0 Å². The number of esters is 2. The summed E-state index contributed by atoms with van der Waals surface area (Å²) in [6, 6.07) is 0. The maximum Gasteiger partial charge on any atom is 0.472 e. The third-order valence-corrected chi connectivity index (χ3v) is 8.84. The second kappa shape index (κ2) is 38.7. The average Bonchev–Trinajstić information content (AvgIpc) is 3.19. The van der Waals surface area contributed by atoms with Gasteiger partial charge in [0.2, 0.25) is 0 Å². The molecule has 0 aliphatic rings. The highest BCUT2D eigenvalue weighted by atomic mass is 31.2. The SMILES string of the molecule is CC/C=C\C/C=C\C/C=C\CCCCCCCC(=O)O[C@H](COC(=O)CCC/C=C\C/C=C\C/C=C\C/C=C\C=C\[C@@H](O)CC)COP(=O)(O)OC[C@@H](O)CO. The molecule has 0 spiro atoms. The van der Waals surface area contributed by atoms with Crippen LogP contribution in [0.5, 0.6) is 0 Å². The summed E-state index contributed by atoms with van der Waals surface area (Å²) >= 11 is 0. The van der Waals surface area contributed by atoms with E-state index in [4.69, 9.17) is 19.1 Å². The largest absolute Gasteiger partial charge is 0.472 e. The van der Waals surface area contributed by atoms with Crippen LogP contribution in [-0.2, 0) is 32.7 Å². The fourth-order valence-electron chi connectivity index (χ4n) is 4.64. The first-order chi connectivity index (χ1) is 27.1. The number of aliphatic hydroxyl groups excluding tert-OH is 3. The average molecular weight is 807 g/mol. The van der Waals surface area contributed by atoms with Gasteiger partial charge in [-0.1, -0.05) is 130 Å². The van der Waals surface area contributed by atoms with Crippen molar-refractivity contribution in [2.75, 3.05) is 26.4 Å². The fourth-order valence-corrected chi connectivity index (χ4v) is 5.43. The quantitative estimate of drug-likeness (QED) is 0.0156. The van der Waals surface area contributed by atoms with Gasteiger partial charge in [-0.25, -0.2) is 4.57 Å². The molecule has 56 heavy (non-hydrogen) atoms. The highest BCUT2D eigenvalue weighted by Gasteiger charge is 2.27. The number of hydrogen-bond acceptors (Lipinski definition) is 10. The Bertz CT molecular complexity index is 1270. The Kier molecular flexibility index (Phi) is 36.5. The van der Waals surface area contributed by atoms with Crippen LogP contribution in [0.3, 0.4) is 0 Å². The topological polar surface area (TPSA) is 169 Å². The van der Waals surface area contributed by atoms with Crippen LogP contribution >= 0.6 is 7.82 Å². The number of phosphoric ester groups is 1. The molecule has 0 aromatic rings. The van der Waals surface area contributed by atoms with Gasteiger partial charge < -0.3 is 29.7 Å². The van der Waals surface area contributed by atoms with E-state index >= 15 is 0 Å². The second-order valence-electron chi connectivity index (χ2n) is 13.1. The highest BCUT2D eigenvalue weighted by molar-refractivity contribution is 7.47. The molecule has 0 saturated carbocycles. The van der Waals surface area contributed by atoms with Crippen LogP contribution in [0.4, 0.5) is 0 Å². The summed E-state index contributed by atoms with van der Waals surface area (Å²) in [5.41, 5.74) is 0. The molecule has 318 valence electrons. The number of hydrogen-bond donors (Lipinski definition) is 4. The number of allylic oxidation sites excluding steroid dienone is 15. The number of rotatable bonds is 36. The zero-order valence-corrected chi connectivity index (χ0v) is 34.8. The van der Waals surface area contributed by atoms with Gasteiger partial charge in [0.1, 0.15) is 12.7 Å². The Hall–Kier alpha value is -3.15. The van der Waals surface area contributed by atoms with Gasteiger partial charge in [-0.15, -0.1) is 0 Å². The molecular weight excluding hydrogens is 735 g/mol. The van der Waals surface area contributed by atoms with Crippen molar-refractivity contribution in [2.45, 2.75) is 141 Å². The van der Waals surface area contributed by atoms with E-state index in [9.17, 15) is 29.3 Å². The Morgan fingerprint density at radius 1 is 0.607 bits per heavy atom. The number of unbranched alkanes of at least 4 members (excludes halogenated alkanes) is 6. The predicted molar refractivity (Wildman–Crippen MR) is 225 cm³/mol. The van der Waals surface area contributed by atoms with Crippen molar-refractivity contribution in [1.29, 1.82) is 0 Å². The Balaban J connectivity index is 4.50. The van der Waals surface area contributed by atoms with Crippen molar-refractivity contribution >= 4 is 19.8 Å². The molecule has 0 fully saturated rings. The lowest BCUT2D eigenvalue weighted by molar-refractivity contribution is -0.161. The minimum absolute atomic E-state index is 0.139. The zero-order valence-electron chi connectivity index (χ0n) is 33.9. The van der Waals surface area contributed by atoms with E-state index in [0.29, 0.717) is 25.7 Å². The van der Waals surface area contributed by atoms with Crippen LogP contribution < -0.4 is 0 Å². The smallest absolute Gasteiger partial charge is 0.462 e. The number of ether oxygens (including phenoxy) is 2. The number of phosphoric acid groups is 1. The van der Waals surface area contributed by atoms with E-state index in [-0.39, 0.29) is 19.4 Å². The van der Waals surface area contributed by atoms with Gasteiger partial charge in [0.15, 0.2) is 6.10 Å². The van der Waals surface area contributed by atoms with E-state index < -0.39 is 57.9 Å². The van der Waals surface area contributed by atoms with Gasteiger partial charge in [-0.05, 0) is 77.0 Å². The van der Waals surface area contributed by atoms with E-state index in [1.807, 2.05) is 37.3 Å². The molecule has 0 aromatic carbocycles. The second-order valence-corrected chi connectivity index (χ2v) is 14.5. The lowest BCUT2D eigenvalue weighted by Gasteiger charge is -2.20. The van der Waals surface area contributed by atoms with Crippen molar-refractivity contribution in [3.8, 4) is 0 Å². The molecule has 0 heterocycles. The highest BCUT2D eigenvalue weighted by Crippen LogP contribution is 2.43. The first kappa shape index (κ1) is 52.9. The van der Waals surface area contributed by atoms with E-state index in [1.54, 1.807) is 6.08 Å². The molecule has 4 atom stereocenters. The molecule has 0 saturated heterocycles. The zero-order chi connectivity index (χ0) is 41.4. The summed E-state index contributed by atoms with van der Waals surface area (Å²) in [6.07, 6.45) is 43.3. The van der Waals surface area contributed by atoms with Crippen LogP contribution in [0.2, 0.25) is 0 Å². The standard InChI is InChI=1S/C44H71O11P/c1-3-5-6-7-8-9-10-11-12-17-20-23-26-29-32-35-44(49)55-42(39-54-56(50,51)53-37-41(47)36-45)38-52-43(48)34-31-28-25-22-19-16-14-13-15-18-21-24-27-30-33-40(46)4-2/h5-6,8-9,11-12,14-16,18,22,24-25,27,30,33,40-42,45-47H,3-4,7,10,13,17,19-21,23,26,28-29,31-32,34-39H2,1-2H3,(H,50,51)/b6-5-,9-8-,12-11-,16-14-,18-15-,25-22-,27-24-,33-30+/t40-,41-,42+/m0/s1. The molecule has 12 heteroatoms. The predicted octanol–water partition coefficient (Wildman–Crippen LogP) is 9.41.